The zero-order valence-corrected chi connectivity index (χ0v) is 17.7. The molecule has 0 aliphatic heterocycles. The molecule has 0 spiro atoms. The normalized spacial score (nSPS) is 10.3. The van der Waals surface area contributed by atoms with Crippen molar-refractivity contribution in [2.45, 2.75) is 41.0 Å². The number of pyridine rings is 1. The molecule has 1 aromatic heterocycles. The van der Waals surface area contributed by atoms with E-state index in [-0.39, 0.29) is 5.75 Å². The monoisotopic (exact) mass is 442 g/mol. The molecule has 146 valence electrons. The van der Waals surface area contributed by atoms with Crippen molar-refractivity contribution < 1.29 is 17.9 Å². The van der Waals surface area contributed by atoms with Crippen molar-refractivity contribution in [3.63, 3.8) is 0 Å². The largest absolute Gasteiger partial charge is 0.573 e. The molecule has 0 aliphatic rings. The molecule has 7 heteroatoms. The topological polar surface area (TPSA) is 25.4 Å². The van der Waals surface area contributed by atoms with Crippen molar-refractivity contribution in [3.8, 4) is 29.0 Å². The standard InChI is InChI=1S/C18H16BrF3N2O.C2H6/c1-5-10-24(4)17-11(2)16(23-12(3)15(17)19)13-6-8-14(9-7-13)25-18(20,21)22;1-2/h6-9H,1-4H3;1-2H3. The summed E-state index contributed by atoms with van der Waals surface area (Å²) in [5.74, 6) is 2.57. The van der Waals surface area contributed by atoms with Gasteiger partial charge in [-0.25, -0.2) is 0 Å². The van der Waals surface area contributed by atoms with Crippen LogP contribution in [0.1, 0.15) is 32.0 Å². The number of rotatable bonds is 3. The molecule has 27 heavy (non-hydrogen) atoms. The van der Waals surface area contributed by atoms with Crippen molar-refractivity contribution in [3.05, 3.63) is 40.0 Å². The molecule has 3 nitrogen and oxygen atoms in total. The lowest BCUT2D eigenvalue weighted by Crippen LogP contribution is -2.17. The van der Waals surface area contributed by atoms with E-state index in [1.165, 1.54) is 12.1 Å². The summed E-state index contributed by atoms with van der Waals surface area (Å²) in [6.45, 7) is 9.49. The third kappa shape index (κ3) is 5.90. The first kappa shape index (κ1) is 22.8. The Morgan fingerprint density at radius 1 is 1.11 bits per heavy atom. The van der Waals surface area contributed by atoms with E-state index in [0.717, 1.165) is 21.4 Å². The number of halogens is 4. The maximum absolute atomic E-state index is 12.3. The van der Waals surface area contributed by atoms with Crippen LogP contribution < -0.4 is 9.64 Å². The van der Waals surface area contributed by atoms with Crippen LogP contribution >= 0.6 is 15.9 Å². The van der Waals surface area contributed by atoms with Crippen LogP contribution in [0.15, 0.2) is 28.7 Å². The highest BCUT2D eigenvalue weighted by molar-refractivity contribution is 9.10. The van der Waals surface area contributed by atoms with Gasteiger partial charge in [0.15, 0.2) is 0 Å². The van der Waals surface area contributed by atoms with E-state index in [4.69, 9.17) is 0 Å². The minimum atomic E-state index is -4.71. The number of aromatic nitrogens is 1. The van der Waals surface area contributed by atoms with Gasteiger partial charge in [0, 0.05) is 24.2 Å². The molecule has 0 unspecified atom stereocenters. The van der Waals surface area contributed by atoms with E-state index < -0.39 is 6.36 Å². The third-order valence-electron chi connectivity index (χ3n) is 3.49. The highest BCUT2D eigenvalue weighted by Crippen LogP contribution is 2.37. The first-order valence-electron chi connectivity index (χ1n) is 8.33. The molecule has 2 rings (SSSR count). The first-order chi connectivity index (χ1) is 12.6. The van der Waals surface area contributed by atoms with Crippen molar-refractivity contribution in [1.29, 1.82) is 0 Å². The number of benzene rings is 1. The second-order valence-electron chi connectivity index (χ2n) is 5.33. The van der Waals surface area contributed by atoms with Gasteiger partial charge < -0.3 is 9.64 Å². The lowest BCUT2D eigenvalue weighted by molar-refractivity contribution is -0.274. The Bertz CT molecular complexity index is 838. The summed E-state index contributed by atoms with van der Waals surface area (Å²) in [5.41, 5.74) is 3.87. The van der Waals surface area contributed by atoms with Crippen LogP contribution in [0.2, 0.25) is 0 Å². The Hall–Kier alpha value is -2.20. The first-order valence-corrected chi connectivity index (χ1v) is 9.12. The molecule has 0 aliphatic carbocycles. The van der Waals surface area contributed by atoms with Gasteiger partial charge in [0.1, 0.15) is 5.75 Å². The highest BCUT2D eigenvalue weighted by atomic mass is 79.9. The van der Waals surface area contributed by atoms with Crippen LogP contribution in [0.25, 0.3) is 11.3 Å². The quantitative estimate of drug-likeness (QED) is 0.402. The van der Waals surface area contributed by atoms with Crippen molar-refractivity contribution in [2.24, 2.45) is 0 Å². The zero-order chi connectivity index (χ0) is 20.8. The fourth-order valence-corrected chi connectivity index (χ4v) is 3.12. The minimum absolute atomic E-state index is 0.267. The number of ether oxygens (including phenoxy) is 1. The Morgan fingerprint density at radius 3 is 2.15 bits per heavy atom. The predicted octanol–water partition coefficient (Wildman–Crippen LogP) is 6.47. The molecule has 1 aromatic carbocycles. The second-order valence-corrected chi connectivity index (χ2v) is 6.12. The molecule has 0 saturated heterocycles. The minimum Gasteiger partial charge on any atom is -0.406 e. The summed E-state index contributed by atoms with van der Waals surface area (Å²) < 4.78 is 41.6. The summed E-state index contributed by atoms with van der Waals surface area (Å²) in [6.07, 6.45) is -4.71. The van der Waals surface area contributed by atoms with Crippen molar-refractivity contribution in [1.82, 2.24) is 4.98 Å². The average Bonchev–Trinajstić information content (AvgIpc) is 2.60. The molecule has 0 fully saturated rings. The van der Waals surface area contributed by atoms with Crippen molar-refractivity contribution in [2.75, 3.05) is 11.9 Å². The van der Waals surface area contributed by atoms with E-state index in [1.54, 1.807) is 24.0 Å². The molecule has 0 bridgehead atoms. The van der Waals surface area contributed by atoms with Crippen LogP contribution in [0.5, 0.6) is 5.75 Å². The molecule has 0 N–H and O–H groups in total. The smallest absolute Gasteiger partial charge is 0.406 e. The SMILES string of the molecule is CC.CC#CN(C)c1c(C)c(-c2ccc(OC(F)(F)F)cc2)nc(C)c1Br. The number of nitrogens with zero attached hydrogens (tertiary/aromatic N) is 2. The van der Waals surface area contributed by atoms with Gasteiger partial charge in [-0.2, -0.15) is 0 Å². The summed E-state index contributed by atoms with van der Waals surface area (Å²) in [7, 11) is 1.84. The lowest BCUT2D eigenvalue weighted by Gasteiger charge is -2.20. The maximum atomic E-state index is 12.3. The Labute approximate surface area is 166 Å². The van der Waals surface area contributed by atoms with E-state index in [0.29, 0.717) is 11.3 Å². The van der Waals surface area contributed by atoms with Gasteiger partial charge in [0.2, 0.25) is 0 Å². The molecule has 2 aromatic rings. The fourth-order valence-electron chi connectivity index (χ4n) is 2.47. The lowest BCUT2D eigenvalue weighted by atomic mass is 10.0. The Kier molecular flexibility index (Phi) is 8.17. The van der Waals surface area contributed by atoms with Crippen LogP contribution in [0, 0.1) is 25.8 Å². The van der Waals surface area contributed by atoms with Crippen LogP contribution in [0.3, 0.4) is 0 Å². The number of alkyl halides is 3. The summed E-state index contributed by atoms with van der Waals surface area (Å²) >= 11 is 3.54. The van der Waals surface area contributed by atoms with E-state index in [2.05, 4.69) is 37.6 Å². The van der Waals surface area contributed by atoms with Crippen LogP contribution in [-0.4, -0.2) is 18.4 Å². The van der Waals surface area contributed by atoms with E-state index in [9.17, 15) is 13.2 Å². The Morgan fingerprint density at radius 2 is 1.67 bits per heavy atom. The second kappa shape index (κ2) is 9.65. The van der Waals surface area contributed by atoms with Gasteiger partial charge in [-0.05, 0) is 61.0 Å². The predicted molar refractivity (Wildman–Crippen MR) is 107 cm³/mol. The Balaban J connectivity index is 0.00000176. The summed E-state index contributed by atoms with van der Waals surface area (Å²) in [4.78, 5) is 6.36. The van der Waals surface area contributed by atoms with Gasteiger partial charge in [-0.1, -0.05) is 19.8 Å². The maximum Gasteiger partial charge on any atom is 0.573 e. The van der Waals surface area contributed by atoms with Gasteiger partial charge >= 0.3 is 6.36 Å². The van der Waals surface area contributed by atoms with Gasteiger partial charge in [0.25, 0.3) is 0 Å². The fraction of sp³-hybridized carbons (Fsp3) is 0.350. The summed E-state index contributed by atoms with van der Waals surface area (Å²) in [5, 5.41) is 0. The molecule has 0 saturated carbocycles. The van der Waals surface area contributed by atoms with Gasteiger partial charge in [0.05, 0.1) is 21.5 Å². The molecular formula is C20H22BrF3N2O. The van der Waals surface area contributed by atoms with E-state index in [1.807, 2.05) is 34.7 Å². The van der Waals surface area contributed by atoms with E-state index >= 15 is 0 Å². The van der Waals surface area contributed by atoms with Crippen LogP contribution in [0.4, 0.5) is 18.9 Å². The molecular weight excluding hydrogens is 421 g/mol. The number of hydrogen-bond donors (Lipinski definition) is 0. The third-order valence-corrected chi connectivity index (χ3v) is 4.44. The molecule has 0 atom stereocenters. The van der Waals surface area contributed by atoms with Crippen LogP contribution in [-0.2, 0) is 0 Å². The van der Waals surface area contributed by atoms with Gasteiger partial charge in [-0.15, -0.1) is 13.2 Å². The average molecular weight is 443 g/mol. The highest BCUT2D eigenvalue weighted by Gasteiger charge is 2.31. The van der Waals surface area contributed by atoms with Crippen molar-refractivity contribution >= 4 is 21.6 Å². The number of aryl methyl sites for hydroxylation is 1. The molecule has 1 heterocycles. The summed E-state index contributed by atoms with van der Waals surface area (Å²) in [6, 6.07) is 8.62. The number of hydrogen-bond acceptors (Lipinski definition) is 3. The zero-order valence-electron chi connectivity index (χ0n) is 16.1. The van der Waals surface area contributed by atoms with Gasteiger partial charge in [-0.3, -0.25) is 4.98 Å². The molecule has 0 radical (unpaired) electrons. The molecule has 0 amide bonds. The number of anilines is 1.